The minimum atomic E-state index is 0. The summed E-state index contributed by atoms with van der Waals surface area (Å²) in [5.41, 5.74) is 1.10. The molecule has 3 heterocycles. The number of hydrogen-bond donors (Lipinski definition) is 2. The minimum absolute atomic E-state index is 0. The average molecular weight is 329 g/mol. The van der Waals surface area contributed by atoms with E-state index in [0.717, 1.165) is 44.8 Å². The fraction of sp³-hybridized carbons (Fsp3) is 0.733. The van der Waals surface area contributed by atoms with Crippen molar-refractivity contribution in [2.24, 2.45) is 0 Å². The highest BCUT2D eigenvalue weighted by Gasteiger charge is 2.19. The highest BCUT2D eigenvalue weighted by molar-refractivity contribution is 5.85. The summed E-state index contributed by atoms with van der Waals surface area (Å²) in [7, 11) is 0. The molecule has 2 fully saturated rings. The lowest BCUT2D eigenvalue weighted by molar-refractivity contribution is -0.123. The van der Waals surface area contributed by atoms with Gasteiger partial charge in [-0.15, -0.1) is 12.4 Å². The molecule has 6 nitrogen and oxygen atoms in total. The lowest BCUT2D eigenvalue weighted by Gasteiger charge is -2.23. The molecule has 3 rings (SSSR count). The Morgan fingerprint density at radius 1 is 1.41 bits per heavy atom. The Kier molecular flexibility index (Phi) is 6.67. The van der Waals surface area contributed by atoms with Gasteiger partial charge in [0.2, 0.25) is 5.91 Å². The van der Waals surface area contributed by atoms with Crippen molar-refractivity contribution in [3.8, 4) is 0 Å². The van der Waals surface area contributed by atoms with E-state index in [1.54, 1.807) is 4.68 Å². The number of aromatic nitrogens is 2. The highest BCUT2D eigenvalue weighted by atomic mass is 35.5. The molecule has 124 valence electrons. The van der Waals surface area contributed by atoms with Crippen molar-refractivity contribution in [2.75, 3.05) is 26.3 Å². The van der Waals surface area contributed by atoms with Crippen molar-refractivity contribution in [3.63, 3.8) is 0 Å². The molecule has 1 aromatic heterocycles. The first-order valence-corrected chi connectivity index (χ1v) is 7.92. The molecule has 2 saturated heterocycles. The summed E-state index contributed by atoms with van der Waals surface area (Å²) < 4.78 is 7.04. The van der Waals surface area contributed by atoms with E-state index in [2.05, 4.69) is 15.7 Å². The second-order valence-corrected chi connectivity index (χ2v) is 5.94. The third kappa shape index (κ3) is 4.69. The Labute approximate surface area is 137 Å². The van der Waals surface area contributed by atoms with Gasteiger partial charge in [0.15, 0.2) is 0 Å². The van der Waals surface area contributed by atoms with Crippen molar-refractivity contribution < 1.29 is 9.53 Å². The van der Waals surface area contributed by atoms with Gasteiger partial charge in [-0.05, 0) is 38.3 Å². The van der Waals surface area contributed by atoms with Crippen LogP contribution < -0.4 is 10.6 Å². The largest absolute Gasteiger partial charge is 0.381 e. The van der Waals surface area contributed by atoms with Gasteiger partial charge in [-0.3, -0.25) is 9.48 Å². The fourth-order valence-corrected chi connectivity index (χ4v) is 3.05. The summed E-state index contributed by atoms with van der Waals surface area (Å²) >= 11 is 0. The number of hydrogen-bond acceptors (Lipinski definition) is 4. The van der Waals surface area contributed by atoms with Gasteiger partial charge in [-0.1, -0.05) is 0 Å². The summed E-state index contributed by atoms with van der Waals surface area (Å²) in [5, 5.41) is 11.0. The molecule has 0 bridgehead atoms. The van der Waals surface area contributed by atoms with Gasteiger partial charge >= 0.3 is 0 Å². The van der Waals surface area contributed by atoms with Crippen LogP contribution in [-0.2, 0) is 16.1 Å². The lowest BCUT2D eigenvalue weighted by Crippen LogP contribution is -2.40. The normalized spacial score (nSPS) is 22.8. The summed E-state index contributed by atoms with van der Waals surface area (Å²) in [5.74, 6) is 0.525. The zero-order chi connectivity index (χ0) is 14.5. The molecule has 0 aromatic carbocycles. The van der Waals surface area contributed by atoms with Gasteiger partial charge in [0, 0.05) is 37.9 Å². The molecule has 2 N–H and O–H groups in total. The number of halogens is 1. The fourth-order valence-electron chi connectivity index (χ4n) is 3.05. The molecule has 2 aliphatic heterocycles. The molecule has 1 aromatic rings. The molecule has 0 radical (unpaired) electrons. The van der Waals surface area contributed by atoms with Gasteiger partial charge in [0.1, 0.15) is 6.54 Å². The molecule has 1 atom stereocenters. The SMILES string of the molecule is Cl.O=C(Cn1ccc(C2CCCNC2)n1)NC1CCOCC1. The van der Waals surface area contributed by atoms with Crippen LogP contribution >= 0.6 is 12.4 Å². The van der Waals surface area contributed by atoms with Crippen LogP contribution in [0.1, 0.15) is 37.3 Å². The van der Waals surface area contributed by atoms with Crippen molar-refractivity contribution in [3.05, 3.63) is 18.0 Å². The lowest BCUT2D eigenvalue weighted by atomic mass is 9.97. The third-order valence-electron chi connectivity index (χ3n) is 4.27. The van der Waals surface area contributed by atoms with Crippen molar-refractivity contribution >= 4 is 18.3 Å². The first-order chi connectivity index (χ1) is 10.3. The number of ether oxygens (including phenoxy) is 1. The van der Waals surface area contributed by atoms with Crippen molar-refractivity contribution in [1.29, 1.82) is 0 Å². The van der Waals surface area contributed by atoms with Gasteiger partial charge < -0.3 is 15.4 Å². The Morgan fingerprint density at radius 2 is 2.23 bits per heavy atom. The second kappa shape index (κ2) is 8.50. The molecule has 0 aliphatic carbocycles. The van der Waals surface area contributed by atoms with E-state index in [4.69, 9.17) is 4.74 Å². The maximum absolute atomic E-state index is 12.0. The van der Waals surface area contributed by atoms with Crippen molar-refractivity contribution in [1.82, 2.24) is 20.4 Å². The van der Waals surface area contributed by atoms with E-state index in [1.807, 2.05) is 12.3 Å². The molecule has 1 amide bonds. The summed E-state index contributed by atoms with van der Waals surface area (Å²) in [6.07, 6.45) is 6.10. The van der Waals surface area contributed by atoms with E-state index in [0.29, 0.717) is 12.5 Å². The zero-order valence-corrected chi connectivity index (χ0v) is 13.6. The molecule has 0 saturated carbocycles. The predicted molar refractivity (Wildman–Crippen MR) is 86.3 cm³/mol. The summed E-state index contributed by atoms with van der Waals surface area (Å²) in [6.45, 7) is 3.88. The van der Waals surface area contributed by atoms with Crippen LogP contribution in [0.5, 0.6) is 0 Å². The van der Waals surface area contributed by atoms with Crippen LogP contribution in [0.2, 0.25) is 0 Å². The number of amides is 1. The standard InChI is InChI=1S/C15H24N4O2.ClH/c20-15(17-13-4-8-21-9-5-13)11-19-7-3-14(18-19)12-2-1-6-16-10-12;/h3,7,12-13,16H,1-2,4-6,8-11H2,(H,17,20);1H. The van der Waals surface area contributed by atoms with E-state index >= 15 is 0 Å². The molecule has 1 unspecified atom stereocenters. The van der Waals surface area contributed by atoms with Crippen LogP contribution in [0.4, 0.5) is 0 Å². The van der Waals surface area contributed by atoms with Crippen LogP contribution in [0, 0.1) is 0 Å². The van der Waals surface area contributed by atoms with E-state index in [-0.39, 0.29) is 24.4 Å². The van der Waals surface area contributed by atoms with Gasteiger partial charge in [-0.25, -0.2) is 0 Å². The third-order valence-corrected chi connectivity index (χ3v) is 4.27. The van der Waals surface area contributed by atoms with E-state index in [9.17, 15) is 4.79 Å². The maximum atomic E-state index is 12.0. The quantitative estimate of drug-likeness (QED) is 0.867. The molecular formula is C15H25ClN4O2. The first kappa shape index (κ1) is 17.2. The van der Waals surface area contributed by atoms with Crippen LogP contribution in [0.3, 0.4) is 0 Å². The Hall–Kier alpha value is -1.11. The Bertz CT molecular complexity index is 468. The van der Waals surface area contributed by atoms with E-state index < -0.39 is 0 Å². The van der Waals surface area contributed by atoms with Crippen LogP contribution in [0.25, 0.3) is 0 Å². The molecule has 2 aliphatic rings. The van der Waals surface area contributed by atoms with Crippen molar-refractivity contribution in [2.45, 2.75) is 44.2 Å². The van der Waals surface area contributed by atoms with Gasteiger partial charge in [-0.2, -0.15) is 5.10 Å². The number of carbonyl (C=O) groups is 1. The molecule has 0 spiro atoms. The molecule has 7 heteroatoms. The zero-order valence-electron chi connectivity index (χ0n) is 12.8. The number of rotatable bonds is 4. The second-order valence-electron chi connectivity index (χ2n) is 5.94. The number of carbonyl (C=O) groups excluding carboxylic acids is 1. The number of nitrogens with zero attached hydrogens (tertiary/aromatic N) is 2. The molecular weight excluding hydrogens is 304 g/mol. The van der Waals surface area contributed by atoms with Crippen LogP contribution in [0.15, 0.2) is 12.3 Å². The molecule has 22 heavy (non-hydrogen) atoms. The Balaban J connectivity index is 0.00000176. The van der Waals surface area contributed by atoms with Crippen LogP contribution in [-0.4, -0.2) is 48.0 Å². The first-order valence-electron chi connectivity index (χ1n) is 7.92. The smallest absolute Gasteiger partial charge is 0.241 e. The van der Waals surface area contributed by atoms with E-state index in [1.165, 1.54) is 12.8 Å². The summed E-state index contributed by atoms with van der Waals surface area (Å²) in [6, 6.07) is 2.29. The number of piperidine rings is 1. The minimum Gasteiger partial charge on any atom is -0.381 e. The number of nitrogens with one attached hydrogen (secondary N) is 2. The van der Waals surface area contributed by atoms with Gasteiger partial charge in [0.05, 0.1) is 5.69 Å². The average Bonchev–Trinajstić information content (AvgIpc) is 2.97. The van der Waals surface area contributed by atoms with Gasteiger partial charge in [0.25, 0.3) is 0 Å². The summed E-state index contributed by atoms with van der Waals surface area (Å²) in [4.78, 5) is 12.0. The predicted octanol–water partition coefficient (Wildman–Crippen LogP) is 1.07. The topological polar surface area (TPSA) is 68.2 Å². The highest BCUT2D eigenvalue weighted by Crippen LogP contribution is 2.21. The Morgan fingerprint density at radius 3 is 2.95 bits per heavy atom. The monoisotopic (exact) mass is 328 g/mol. The maximum Gasteiger partial charge on any atom is 0.241 e.